The smallest absolute Gasteiger partial charge is 0.228 e. The topological polar surface area (TPSA) is 90.0 Å². The number of pyridine rings is 1. The van der Waals surface area contributed by atoms with Gasteiger partial charge in [0.25, 0.3) is 0 Å². The van der Waals surface area contributed by atoms with E-state index in [1.807, 2.05) is 59.0 Å². The summed E-state index contributed by atoms with van der Waals surface area (Å²) in [6, 6.07) is 12.1. The second-order valence-corrected chi connectivity index (χ2v) is 13.6. The molecule has 4 aliphatic rings. The Balaban J connectivity index is 1.11. The summed E-state index contributed by atoms with van der Waals surface area (Å²) in [5.41, 5.74) is 5.27. The average Bonchev–Trinajstić information content (AvgIpc) is 3.36. The number of amides is 1. The quantitative estimate of drug-likeness (QED) is 0.305. The van der Waals surface area contributed by atoms with Crippen LogP contribution < -0.4 is 9.80 Å². The van der Waals surface area contributed by atoms with Crippen LogP contribution >= 0.6 is 11.3 Å². The van der Waals surface area contributed by atoms with Crippen molar-refractivity contribution < 1.29 is 15.3 Å². The number of nitrogens with zero attached hydrogens (tertiary/aromatic N) is 7. The first-order valence-corrected chi connectivity index (χ1v) is 15.6. The summed E-state index contributed by atoms with van der Waals surface area (Å²) in [4.78, 5) is 24.0. The third-order valence-electron chi connectivity index (χ3n) is 9.29. The van der Waals surface area contributed by atoms with Crippen LogP contribution in [0.1, 0.15) is 42.7 Å². The number of fused-ring (bicyclic) bond motifs is 1. The largest absolute Gasteiger partial charge is 0.381 e. The van der Waals surface area contributed by atoms with Gasteiger partial charge in [0.15, 0.2) is 10.9 Å². The van der Waals surface area contributed by atoms with E-state index in [2.05, 4.69) is 6.07 Å². The molecule has 9 nitrogen and oxygen atoms in total. The Labute approximate surface area is 254 Å². The van der Waals surface area contributed by atoms with Crippen LogP contribution in [-0.2, 0) is 9.53 Å². The number of aryl methyl sites for hydroxylation is 1. The van der Waals surface area contributed by atoms with Crippen molar-refractivity contribution >= 4 is 39.3 Å². The van der Waals surface area contributed by atoms with Crippen molar-refractivity contribution in [2.24, 2.45) is 11.3 Å². The van der Waals surface area contributed by atoms with Crippen LogP contribution in [0.2, 0.25) is 0 Å². The van der Waals surface area contributed by atoms with E-state index in [1.54, 1.807) is 0 Å². The molecule has 6 heterocycles. The zero-order valence-electron chi connectivity index (χ0n) is 25.1. The van der Waals surface area contributed by atoms with Gasteiger partial charge in [-0.25, -0.2) is 13.9 Å². The number of carbonyl (C=O) groups is 1. The van der Waals surface area contributed by atoms with E-state index in [0.29, 0.717) is 66.3 Å². The van der Waals surface area contributed by atoms with Gasteiger partial charge >= 0.3 is 0 Å². The standard InChI is InChI=1S/C32H32FN7O2S/c1-19-3-5-20(6-4-19)27-26(12-34)43-31(35-27)37(2)29-25-11-24(23(33)13-40(25)36-28(29)21-7-8-21)38-15-32(16-38)17-39(18-32)30(41)22-9-10-42-14-22/h3-6,11,13,21-22H,7-10,14-18H2,1-2H3/i13D. The third kappa shape index (κ3) is 4.38. The lowest BCUT2D eigenvalue weighted by atomic mass is 9.72. The summed E-state index contributed by atoms with van der Waals surface area (Å²) in [6.45, 7) is 5.79. The molecule has 1 unspecified atom stereocenters. The number of anilines is 3. The number of rotatable bonds is 6. The number of ether oxygens (including phenoxy) is 1. The fourth-order valence-corrected chi connectivity index (χ4v) is 7.63. The van der Waals surface area contributed by atoms with Gasteiger partial charge in [-0.15, -0.1) is 0 Å². The van der Waals surface area contributed by atoms with Gasteiger partial charge < -0.3 is 19.4 Å². The minimum Gasteiger partial charge on any atom is -0.381 e. The van der Waals surface area contributed by atoms with Crippen molar-refractivity contribution in [1.82, 2.24) is 19.5 Å². The Hall–Kier alpha value is -4.01. The summed E-state index contributed by atoms with van der Waals surface area (Å²) in [7, 11) is 1.91. The van der Waals surface area contributed by atoms with Crippen LogP contribution in [0, 0.1) is 35.4 Å². The maximum absolute atomic E-state index is 15.8. The molecule has 4 aromatic rings. The van der Waals surface area contributed by atoms with Gasteiger partial charge in [0.1, 0.15) is 16.6 Å². The number of hydrogen-bond acceptors (Lipinski definition) is 8. The zero-order valence-corrected chi connectivity index (χ0v) is 25.0. The number of carbonyl (C=O) groups excluding carboxylic acids is 1. The van der Waals surface area contributed by atoms with Gasteiger partial charge in [0.05, 0.1) is 42.7 Å². The van der Waals surface area contributed by atoms with Crippen LogP contribution in [0.15, 0.2) is 36.5 Å². The first-order valence-electron chi connectivity index (χ1n) is 15.3. The summed E-state index contributed by atoms with van der Waals surface area (Å²) < 4.78 is 31.3. The minimum absolute atomic E-state index is 0.0319. The molecule has 0 radical (unpaired) electrons. The van der Waals surface area contributed by atoms with Gasteiger partial charge in [-0.3, -0.25) is 4.79 Å². The number of thiazole rings is 1. The van der Waals surface area contributed by atoms with Crippen LogP contribution in [0.3, 0.4) is 0 Å². The highest BCUT2D eigenvalue weighted by Gasteiger charge is 2.54. The second kappa shape index (κ2) is 9.76. The number of benzene rings is 1. The molecule has 4 fully saturated rings. The number of aromatic nitrogens is 3. The van der Waals surface area contributed by atoms with Gasteiger partial charge in [0, 0.05) is 56.7 Å². The molecule has 11 heteroatoms. The molecule has 1 spiro atoms. The highest BCUT2D eigenvalue weighted by molar-refractivity contribution is 7.16. The van der Waals surface area contributed by atoms with E-state index in [-0.39, 0.29) is 29.3 Å². The van der Waals surface area contributed by atoms with Crippen molar-refractivity contribution in [2.45, 2.75) is 32.1 Å². The Bertz CT molecular complexity index is 1840. The SMILES string of the molecule is [2H]c1c(F)c(N2CC3(CN(C(=O)C4CCOC4)C3)C2)cc2c(N(C)c3nc(-c4ccc(C)cc4)c(C#N)s3)c(C3CC3)nn12. The molecule has 8 rings (SSSR count). The summed E-state index contributed by atoms with van der Waals surface area (Å²) in [5, 5.41) is 15.3. The van der Waals surface area contributed by atoms with Crippen molar-refractivity contribution in [2.75, 3.05) is 56.2 Å². The molecule has 220 valence electrons. The summed E-state index contributed by atoms with van der Waals surface area (Å²) in [5.74, 6) is -0.229. The van der Waals surface area contributed by atoms with E-state index in [1.165, 1.54) is 15.9 Å². The molecular formula is C32H32FN7O2S. The second-order valence-electron chi connectivity index (χ2n) is 12.6. The molecule has 0 N–H and O–H groups in total. The number of halogens is 1. The van der Waals surface area contributed by atoms with E-state index < -0.39 is 5.82 Å². The van der Waals surface area contributed by atoms with Crippen LogP contribution in [0.5, 0.6) is 0 Å². The van der Waals surface area contributed by atoms with Gasteiger partial charge in [-0.1, -0.05) is 41.2 Å². The Morgan fingerprint density at radius 3 is 2.67 bits per heavy atom. The molecule has 0 bridgehead atoms. The molecule has 3 aromatic heterocycles. The zero-order chi connectivity index (χ0) is 30.3. The van der Waals surface area contributed by atoms with Gasteiger partial charge in [-0.2, -0.15) is 10.4 Å². The predicted octanol–water partition coefficient (Wildman–Crippen LogP) is 5.11. The fraction of sp³-hybridized carbons (Fsp3) is 0.438. The van der Waals surface area contributed by atoms with Crippen LogP contribution in [-0.4, -0.2) is 71.8 Å². The van der Waals surface area contributed by atoms with E-state index in [9.17, 15) is 10.1 Å². The van der Waals surface area contributed by atoms with Gasteiger partial charge in [-0.05, 0) is 32.3 Å². The van der Waals surface area contributed by atoms with Crippen molar-refractivity contribution in [3.8, 4) is 17.3 Å². The Morgan fingerprint density at radius 2 is 2.00 bits per heavy atom. The van der Waals surface area contributed by atoms with Crippen molar-refractivity contribution in [3.05, 3.63) is 58.5 Å². The molecular weight excluding hydrogens is 565 g/mol. The van der Waals surface area contributed by atoms with E-state index in [0.717, 1.165) is 41.8 Å². The number of nitriles is 1. The van der Waals surface area contributed by atoms with Crippen LogP contribution in [0.25, 0.3) is 16.8 Å². The maximum atomic E-state index is 15.8. The minimum atomic E-state index is -0.593. The normalized spacial score (nSPS) is 21.1. The number of likely N-dealkylation sites (tertiary alicyclic amines) is 1. The molecule has 1 aliphatic carbocycles. The predicted molar refractivity (Wildman–Crippen MR) is 162 cm³/mol. The van der Waals surface area contributed by atoms with E-state index >= 15 is 4.39 Å². The van der Waals surface area contributed by atoms with E-state index in [4.69, 9.17) is 16.2 Å². The third-order valence-corrected chi connectivity index (χ3v) is 10.3. The fourth-order valence-electron chi connectivity index (χ4n) is 6.78. The Morgan fingerprint density at radius 1 is 1.23 bits per heavy atom. The lowest BCUT2D eigenvalue weighted by Crippen LogP contribution is -2.73. The average molecular weight is 599 g/mol. The summed E-state index contributed by atoms with van der Waals surface area (Å²) in [6.07, 6.45) is 2.48. The first kappa shape index (κ1) is 25.5. The molecule has 3 saturated heterocycles. The first-order chi connectivity index (χ1) is 21.2. The molecule has 3 aliphatic heterocycles. The molecule has 1 amide bonds. The molecule has 1 saturated carbocycles. The highest BCUT2D eigenvalue weighted by atomic mass is 32.1. The highest BCUT2D eigenvalue weighted by Crippen LogP contribution is 2.49. The monoisotopic (exact) mass is 598 g/mol. The van der Waals surface area contributed by atoms with Crippen molar-refractivity contribution in [3.63, 3.8) is 0 Å². The van der Waals surface area contributed by atoms with Crippen molar-refractivity contribution in [1.29, 1.82) is 5.26 Å². The summed E-state index contributed by atoms with van der Waals surface area (Å²) >= 11 is 1.31. The lowest BCUT2D eigenvalue weighted by Gasteiger charge is -2.61. The van der Waals surface area contributed by atoms with Gasteiger partial charge in [0.2, 0.25) is 5.91 Å². The molecule has 1 atom stereocenters. The lowest BCUT2D eigenvalue weighted by molar-refractivity contribution is -0.149. The molecule has 43 heavy (non-hydrogen) atoms. The molecule has 1 aromatic carbocycles. The maximum Gasteiger partial charge on any atom is 0.228 e. The van der Waals surface area contributed by atoms with Crippen LogP contribution in [0.4, 0.5) is 20.9 Å². The number of hydrogen-bond donors (Lipinski definition) is 0. The Kier molecular flexibility index (Phi) is 5.78.